The fourth-order valence-corrected chi connectivity index (χ4v) is 2.85. The van der Waals surface area contributed by atoms with Crippen molar-refractivity contribution in [3.8, 4) is 0 Å². The second-order valence-corrected chi connectivity index (χ2v) is 5.43. The summed E-state index contributed by atoms with van der Waals surface area (Å²) in [5.74, 6) is 0. The van der Waals surface area contributed by atoms with E-state index in [1.54, 1.807) is 0 Å². The van der Waals surface area contributed by atoms with Crippen molar-refractivity contribution in [1.29, 1.82) is 0 Å². The number of hydrogen-bond donors (Lipinski definition) is 1. The lowest BCUT2D eigenvalue weighted by atomic mass is 9.90. The van der Waals surface area contributed by atoms with Gasteiger partial charge in [0.1, 0.15) is 0 Å². The summed E-state index contributed by atoms with van der Waals surface area (Å²) in [7, 11) is 0. The van der Waals surface area contributed by atoms with E-state index in [4.69, 9.17) is 5.73 Å². The minimum atomic E-state index is 0.431. The van der Waals surface area contributed by atoms with Crippen LogP contribution in [0.25, 0.3) is 0 Å². The molecule has 1 aliphatic rings. The summed E-state index contributed by atoms with van der Waals surface area (Å²) in [5, 5.41) is 0. The fraction of sp³-hybridized carbons (Fsp3) is 0.667. The molecule has 100 valence electrons. The maximum absolute atomic E-state index is 5.99. The molecule has 2 N–H and O–H groups in total. The third-order valence-electron chi connectivity index (χ3n) is 4.18. The van der Waals surface area contributed by atoms with E-state index in [9.17, 15) is 0 Å². The van der Waals surface area contributed by atoms with Crippen LogP contribution in [0.5, 0.6) is 0 Å². The summed E-state index contributed by atoms with van der Waals surface area (Å²) in [6.07, 6.45) is 8.71. The highest BCUT2D eigenvalue weighted by molar-refractivity contribution is 5.21. The van der Waals surface area contributed by atoms with Gasteiger partial charge in [-0.25, -0.2) is 0 Å². The van der Waals surface area contributed by atoms with Crippen molar-refractivity contribution in [2.45, 2.75) is 58.2 Å². The van der Waals surface area contributed by atoms with Crippen molar-refractivity contribution < 1.29 is 0 Å². The highest BCUT2D eigenvalue weighted by atomic mass is 15.1. The molecule has 0 atom stereocenters. The topological polar surface area (TPSA) is 42.2 Å². The Morgan fingerprint density at radius 3 is 2.67 bits per heavy atom. The van der Waals surface area contributed by atoms with E-state index in [0.717, 1.165) is 13.1 Å². The van der Waals surface area contributed by atoms with Gasteiger partial charge in [0.2, 0.25) is 0 Å². The lowest BCUT2D eigenvalue weighted by Crippen LogP contribution is -2.40. The lowest BCUT2D eigenvalue weighted by Gasteiger charge is -2.35. The van der Waals surface area contributed by atoms with E-state index in [0.29, 0.717) is 12.1 Å². The number of rotatable bonds is 4. The van der Waals surface area contributed by atoms with Gasteiger partial charge in [-0.3, -0.25) is 9.88 Å². The van der Waals surface area contributed by atoms with Gasteiger partial charge < -0.3 is 5.73 Å². The molecular weight excluding hydrogens is 222 g/mol. The van der Waals surface area contributed by atoms with Crippen molar-refractivity contribution >= 4 is 0 Å². The van der Waals surface area contributed by atoms with Gasteiger partial charge in [0, 0.05) is 31.0 Å². The van der Waals surface area contributed by atoms with Gasteiger partial charge in [-0.05, 0) is 56.3 Å². The van der Waals surface area contributed by atoms with E-state index in [2.05, 4.69) is 29.8 Å². The molecule has 0 bridgehead atoms. The molecule has 0 amide bonds. The molecular formula is C15H25N3. The van der Waals surface area contributed by atoms with Crippen molar-refractivity contribution in [2.75, 3.05) is 6.54 Å². The van der Waals surface area contributed by atoms with Gasteiger partial charge in [-0.15, -0.1) is 0 Å². The van der Waals surface area contributed by atoms with Crippen LogP contribution in [0.1, 0.15) is 43.7 Å². The number of aryl methyl sites for hydroxylation is 1. The quantitative estimate of drug-likeness (QED) is 0.889. The predicted molar refractivity (Wildman–Crippen MR) is 75.3 cm³/mol. The number of hydrogen-bond acceptors (Lipinski definition) is 3. The van der Waals surface area contributed by atoms with Crippen molar-refractivity contribution in [3.63, 3.8) is 0 Å². The molecule has 18 heavy (non-hydrogen) atoms. The van der Waals surface area contributed by atoms with E-state index in [1.807, 2.05) is 12.4 Å². The molecule has 0 saturated heterocycles. The molecule has 1 fully saturated rings. The molecule has 0 unspecified atom stereocenters. The molecule has 1 aromatic rings. The highest BCUT2D eigenvalue weighted by Crippen LogP contribution is 2.23. The fourth-order valence-electron chi connectivity index (χ4n) is 2.85. The van der Waals surface area contributed by atoms with Crippen molar-refractivity contribution in [2.24, 2.45) is 5.73 Å². The van der Waals surface area contributed by atoms with E-state index >= 15 is 0 Å². The third-order valence-corrected chi connectivity index (χ3v) is 4.18. The van der Waals surface area contributed by atoms with Crippen LogP contribution in [0.15, 0.2) is 18.5 Å². The van der Waals surface area contributed by atoms with Gasteiger partial charge in [-0.2, -0.15) is 0 Å². The molecule has 1 aliphatic carbocycles. The Balaban J connectivity index is 1.99. The summed E-state index contributed by atoms with van der Waals surface area (Å²) in [5.41, 5.74) is 8.69. The maximum Gasteiger partial charge on any atom is 0.0315 e. The first-order valence-corrected chi connectivity index (χ1v) is 7.09. The third kappa shape index (κ3) is 3.30. The molecule has 3 nitrogen and oxygen atoms in total. The molecule has 1 aromatic heterocycles. The van der Waals surface area contributed by atoms with E-state index < -0.39 is 0 Å². The van der Waals surface area contributed by atoms with Crippen LogP contribution in [0.3, 0.4) is 0 Å². The van der Waals surface area contributed by atoms with Crippen LogP contribution in [-0.2, 0) is 6.54 Å². The monoisotopic (exact) mass is 247 g/mol. The smallest absolute Gasteiger partial charge is 0.0315 e. The first-order valence-electron chi connectivity index (χ1n) is 7.09. The second-order valence-electron chi connectivity index (χ2n) is 5.43. The minimum Gasteiger partial charge on any atom is -0.328 e. The zero-order valence-electron chi connectivity index (χ0n) is 11.6. The minimum absolute atomic E-state index is 0.431. The Morgan fingerprint density at radius 1 is 1.33 bits per heavy atom. The zero-order valence-corrected chi connectivity index (χ0v) is 11.6. The Kier molecular flexibility index (Phi) is 4.72. The Bertz CT molecular complexity index is 370. The van der Waals surface area contributed by atoms with Gasteiger partial charge in [0.25, 0.3) is 0 Å². The molecule has 0 spiro atoms. The first-order chi connectivity index (χ1) is 8.70. The molecule has 2 rings (SSSR count). The molecule has 0 radical (unpaired) electrons. The van der Waals surface area contributed by atoms with Gasteiger partial charge in [0.05, 0.1) is 0 Å². The summed E-state index contributed by atoms with van der Waals surface area (Å²) >= 11 is 0. The Morgan fingerprint density at radius 2 is 2.06 bits per heavy atom. The van der Waals surface area contributed by atoms with Crippen LogP contribution < -0.4 is 5.73 Å². The van der Waals surface area contributed by atoms with E-state index in [-0.39, 0.29) is 0 Å². The standard InChI is InChI=1S/C15H25N3/c1-3-18(15-6-4-14(16)5-7-15)11-13-10-17-9-8-12(13)2/h8-10,14-15H,3-7,11,16H2,1-2H3. The molecule has 3 heteroatoms. The van der Waals surface area contributed by atoms with Crippen LogP contribution in [0, 0.1) is 6.92 Å². The van der Waals surface area contributed by atoms with Crippen LogP contribution in [0.2, 0.25) is 0 Å². The van der Waals surface area contributed by atoms with Crippen molar-refractivity contribution in [3.05, 3.63) is 29.6 Å². The number of nitrogens with zero attached hydrogens (tertiary/aromatic N) is 2. The number of nitrogens with two attached hydrogens (primary N) is 1. The van der Waals surface area contributed by atoms with E-state index in [1.165, 1.54) is 36.8 Å². The predicted octanol–water partition coefficient (Wildman–Crippen LogP) is 2.48. The first kappa shape index (κ1) is 13.5. The SMILES string of the molecule is CCN(Cc1cnccc1C)C1CCC(N)CC1. The average molecular weight is 247 g/mol. The van der Waals surface area contributed by atoms with Gasteiger partial charge in [-0.1, -0.05) is 6.92 Å². The Labute approximate surface area is 110 Å². The molecule has 0 aliphatic heterocycles. The number of pyridine rings is 1. The summed E-state index contributed by atoms with van der Waals surface area (Å²) in [4.78, 5) is 6.82. The average Bonchev–Trinajstić information content (AvgIpc) is 2.39. The molecule has 1 heterocycles. The highest BCUT2D eigenvalue weighted by Gasteiger charge is 2.23. The largest absolute Gasteiger partial charge is 0.328 e. The summed E-state index contributed by atoms with van der Waals surface area (Å²) < 4.78 is 0. The van der Waals surface area contributed by atoms with Crippen molar-refractivity contribution in [1.82, 2.24) is 9.88 Å². The summed E-state index contributed by atoms with van der Waals surface area (Å²) in [6.45, 7) is 6.55. The van der Waals surface area contributed by atoms with Crippen LogP contribution in [0.4, 0.5) is 0 Å². The second kappa shape index (κ2) is 6.30. The maximum atomic E-state index is 5.99. The number of aromatic nitrogens is 1. The lowest BCUT2D eigenvalue weighted by molar-refractivity contribution is 0.149. The summed E-state index contributed by atoms with van der Waals surface area (Å²) in [6, 6.07) is 3.23. The van der Waals surface area contributed by atoms with Crippen LogP contribution in [-0.4, -0.2) is 28.5 Å². The molecule has 0 aromatic carbocycles. The van der Waals surface area contributed by atoms with Crippen LogP contribution >= 0.6 is 0 Å². The molecule has 1 saturated carbocycles. The van der Waals surface area contributed by atoms with Gasteiger partial charge in [0.15, 0.2) is 0 Å². The Hall–Kier alpha value is -0.930. The normalized spacial score (nSPS) is 24.4. The van der Waals surface area contributed by atoms with Gasteiger partial charge >= 0.3 is 0 Å². The zero-order chi connectivity index (χ0) is 13.0.